The summed E-state index contributed by atoms with van der Waals surface area (Å²) in [5.74, 6) is 0. The Balaban J connectivity index is 3.99. The van der Waals surface area contributed by atoms with Crippen molar-refractivity contribution >= 4 is 12.1 Å². The number of nitrogens with zero attached hydrogens (tertiary/aromatic N) is 1. The number of ether oxygens (including phenoxy) is 1. The average Bonchev–Trinajstić information content (AvgIpc) is 2.41. The maximum atomic E-state index is 12.1. The lowest BCUT2D eigenvalue weighted by Gasteiger charge is -2.23. The Kier molecular flexibility index (Phi) is 10.4. The number of nitrogens with one attached hydrogen (secondary N) is 2. The van der Waals surface area contributed by atoms with Crippen molar-refractivity contribution in [3.63, 3.8) is 0 Å². The van der Waals surface area contributed by atoms with E-state index in [4.69, 9.17) is 4.74 Å². The van der Waals surface area contributed by atoms with Crippen LogP contribution >= 0.6 is 0 Å². The van der Waals surface area contributed by atoms with E-state index in [0.29, 0.717) is 13.1 Å². The summed E-state index contributed by atoms with van der Waals surface area (Å²) in [6, 6.07) is -0.0621. The molecule has 22 heavy (non-hydrogen) atoms. The van der Waals surface area contributed by atoms with Crippen molar-refractivity contribution in [2.75, 3.05) is 26.2 Å². The van der Waals surface area contributed by atoms with Crippen LogP contribution in [0.25, 0.3) is 0 Å². The molecule has 3 amide bonds. The minimum Gasteiger partial charge on any atom is -0.444 e. The molecule has 0 aromatic carbocycles. The number of amides is 3. The molecule has 0 aliphatic heterocycles. The van der Waals surface area contributed by atoms with Crippen LogP contribution in [0.4, 0.5) is 9.59 Å². The van der Waals surface area contributed by atoms with Crippen LogP contribution < -0.4 is 10.6 Å². The van der Waals surface area contributed by atoms with Gasteiger partial charge in [-0.3, -0.25) is 0 Å². The quantitative estimate of drug-likeness (QED) is 0.642. The lowest BCUT2D eigenvalue weighted by Crippen LogP contribution is -2.44. The lowest BCUT2D eigenvalue weighted by atomic mass is 10.2. The van der Waals surface area contributed by atoms with Gasteiger partial charge in [-0.05, 0) is 33.6 Å². The highest BCUT2D eigenvalue weighted by atomic mass is 16.6. The van der Waals surface area contributed by atoms with Crippen LogP contribution in [0.1, 0.15) is 60.3 Å². The fourth-order valence-corrected chi connectivity index (χ4v) is 1.77. The Labute approximate surface area is 135 Å². The Hall–Kier alpha value is -1.46. The molecule has 0 atom stereocenters. The lowest BCUT2D eigenvalue weighted by molar-refractivity contribution is 0.0528. The second-order valence-corrected chi connectivity index (χ2v) is 6.35. The van der Waals surface area contributed by atoms with Crippen LogP contribution in [0.15, 0.2) is 0 Å². The maximum Gasteiger partial charge on any atom is 0.407 e. The van der Waals surface area contributed by atoms with E-state index in [1.165, 1.54) is 0 Å². The predicted molar refractivity (Wildman–Crippen MR) is 89.0 cm³/mol. The summed E-state index contributed by atoms with van der Waals surface area (Å²) in [5, 5.41) is 5.46. The SMILES string of the molecule is CCCCN(CCCC)C(=O)NCCNC(=O)OC(C)(C)C. The molecule has 6 heteroatoms. The summed E-state index contributed by atoms with van der Waals surface area (Å²) in [6.45, 7) is 12.0. The summed E-state index contributed by atoms with van der Waals surface area (Å²) in [6.07, 6.45) is 3.68. The Morgan fingerprint density at radius 3 is 1.91 bits per heavy atom. The topological polar surface area (TPSA) is 70.7 Å². The molecule has 0 fully saturated rings. The number of alkyl carbamates (subject to hydrolysis) is 1. The van der Waals surface area contributed by atoms with Crippen LogP contribution in [-0.4, -0.2) is 48.8 Å². The summed E-state index contributed by atoms with van der Waals surface area (Å²) in [5.41, 5.74) is -0.509. The van der Waals surface area contributed by atoms with Crippen molar-refractivity contribution in [2.24, 2.45) is 0 Å². The van der Waals surface area contributed by atoms with Gasteiger partial charge in [0.1, 0.15) is 5.60 Å². The molecule has 0 saturated heterocycles. The van der Waals surface area contributed by atoms with E-state index in [0.717, 1.165) is 38.8 Å². The molecule has 0 aromatic heterocycles. The van der Waals surface area contributed by atoms with Gasteiger partial charge in [-0.2, -0.15) is 0 Å². The molecule has 2 N–H and O–H groups in total. The monoisotopic (exact) mass is 315 g/mol. The molecule has 0 saturated carbocycles. The molecule has 0 spiro atoms. The smallest absolute Gasteiger partial charge is 0.407 e. The summed E-state index contributed by atoms with van der Waals surface area (Å²) < 4.78 is 5.13. The second kappa shape index (κ2) is 11.2. The normalized spacial score (nSPS) is 11.0. The first-order valence-electron chi connectivity index (χ1n) is 8.29. The van der Waals surface area contributed by atoms with Gasteiger partial charge < -0.3 is 20.3 Å². The van der Waals surface area contributed by atoms with Crippen molar-refractivity contribution in [1.29, 1.82) is 0 Å². The Bertz CT molecular complexity index is 319. The first-order valence-corrected chi connectivity index (χ1v) is 8.29. The molecule has 0 aromatic rings. The summed E-state index contributed by atoms with van der Waals surface area (Å²) in [4.78, 5) is 25.4. The number of rotatable bonds is 9. The van der Waals surface area contributed by atoms with Gasteiger partial charge in [-0.15, -0.1) is 0 Å². The highest BCUT2D eigenvalue weighted by Crippen LogP contribution is 2.06. The molecule has 6 nitrogen and oxygen atoms in total. The van der Waals surface area contributed by atoms with Crippen molar-refractivity contribution in [2.45, 2.75) is 65.9 Å². The third kappa shape index (κ3) is 11.2. The van der Waals surface area contributed by atoms with Crippen LogP contribution in [-0.2, 0) is 4.74 Å². The third-order valence-electron chi connectivity index (χ3n) is 2.92. The molecule has 0 heterocycles. The molecule has 0 unspecified atom stereocenters. The standard InChI is InChI=1S/C16H33N3O3/c1-6-8-12-19(13-9-7-2)14(20)17-10-11-18-15(21)22-16(3,4)5/h6-13H2,1-5H3,(H,17,20)(H,18,21). The van der Waals surface area contributed by atoms with Crippen molar-refractivity contribution in [3.8, 4) is 0 Å². The van der Waals surface area contributed by atoms with E-state index >= 15 is 0 Å². The van der Waals surface area contributed by atoms with E-state index in [9.17, 15) is 9.59 Å². The van der Waals surface area contributed by atoms with E-state index in [1.807, 2.05) is 25.7 Å². The zero-order valence-corrected chi connectivity index (χ0v) is 14.8. The molecule has 0 bridgehead atoms. The minimum absolute atomic E-state index is 0.0621. The van der Waals surface area contributed by atoms with Gasteiger partial charge in [0.25, 0.3) is 0 Å². The fraction of sp³-hybridized carbons (Fsp3) is 0.875. The van der Waals surface area contributed by atoms with Gasteiger partial charge >= 0.3 is 12.1 Å². The zero-order valence-electron chi connectivity index (χ0n) is 14.8. The average molecular weight is 315 g/mol. The number of unbranched alkanes of at least 4 members (excludes halogenated alkanes) is 2. The van der Waals surface area contributed by atoms with Gasteiger partial charge in [-0.1, -0.05) is 26.7 Å². The van der Waals surface area contributed by atoms with Gasteiger partial charge in [-0.25, -0.2) is 9.59 Å². The predicted octanol–water partition coefficient (Wildman–Crippen LogP) is 3.12. The van der Waals surface area contributed by atoms with E-state index in [-0.39, 0.29) is 6.03 Å². The largest absolute Gasteiger partial charge is 0.444 e. The minimum atomic E-state index is -0.509. The second-order valence-electron chi connectivity index (χ2n) is 6.35. The Morgan fingerprint density at radius 1 is 0.955 bits per heavy atom. The Morgan fingerprint density at radius 2 is 1.45 bits per heavy atom. The van der Waals surface area contributed by atoms with Gasteiger partial charge in [0.15, 0.2) is 0 Å². The maximum absolute atomic E-state index is 12.1. The van der Waals surface area contributed by atoms with E-state index in [2.05, 4.69) is 24.5 Å². The zero-order chi connectivity index (χ0) is 17.0. The number of urea groups is 1. The van der Waals surface area contributed by atoms with Crippen LogP contribution in [0.2, 0.25) is 0 Å². The van der Waals surface area contributed by atoms with Crippen LogP contribution in [0, 0.1) is 0 Å². The molecule has 0 aliphatic carbocycles. The first-order chi connectivity index (χ1) is 10.3. The molecule has 0 rings (SSSR count). The van der Waals surface area contributed by atoms with E-state index < -0.39 is 11.7 Å². The fourth-order valence-electron chi connectivity index (χ4n) is 1.77. The number of hydrogen-bond acceptors (Lipinski definition) is 3. The van der Waals surface area contributed by atoms with E-state index in [1.54, 1.807) is 0 Å². The molecular weight excluding hydrogens is 282 g/mol. The van der Waals surface area contributed by atoms with Gasteiger partial charge in [0.05, 0.1) is 0 Å². The van der Waals surface area contributed by atoms with Crippen molar-refractivity contribution < 1.29 is 14.3 Å². The van der Waals surface area contributed by atoms with Crippen molar-refractivity contribution in [1.82, 2.24) is 15.5 Å². The molecule has 130 valence electrons. The summed E-state index contributed by atoms with van der Waals surface area (Å²) in [7, 11) is 0. The van der Waals surface area contributed by atoms with Gasteiger partial charge in [0.2, 0.25) is 0 Å². The van der Waals surface area contributed by atoms with Crippen LogP contribution in [0.5, 0.6) is 0 Å². The first kappa shape index (κ1) is 20.5. The van der Waals surface area contributed by atoms with Crippen molar-refractivity contribution in [3.05, 3.63) is 0 Å². The van der Waals surface area contributed by atoms with Gasteiger partial charge in [0, 0.05) is 26.2 Å². The highest BCUT2D eigenvalue weighted by molar-refractivity contribution is 5.74. The van der Waals surface area contributed by atoms with Crippen LogP contribution in [0.3, 0.4) is 0 Å². The number of carbonyl (C=O) groups excluding carboxylic acids is 2. The number of hydrogen-bond donors (Lipinski definition) is 2. The molecule has 0 aliphatic rings. The highest BCUT2D eigenvalue weighted by Gasteiger charge is 2.16. The third-order valence-corrected chi connectivity index (χ3v) is 2.92. The number of carbonyl (C=O) groups is 2. The molecular formula is C16H33N3O3. The molecule has 0 radical (unpaired) electrons. The summed E-state index contributed by atoms with van der Waals surface area (Å²) >= 11 is 0.